The van der Waals surface area contributed by atoms with Crippen molar-refractivity contribution in [1.29, 1.82) is 0 Å². The molecule has 1 heterocycles. The highest BCUT2D eigenvalue weighted by atomic mass is 32.2. The Morgan fingerprint density at radius 2 is 2.05 bits per heavy atom. The van der Waals surface area contributed by atoms with Crippen LogP contribution in [0.5, 0.6) is 0 Å². The van der Waals surface area contributed by atoms with Crippen LogP contribution in [0.15, 0.2) is 36.6 Å². The highest BCUT2D eigenvalue weighted by molar-refractivity contribution is 7.92. The molecule has 1 aliphatic heterocycles. The van der Waals surface area contributed by atoms with E-state index in [0.717, 1.165) is 24.0 Å². The standard InChI is InChI=1S/C16H22O3S2/c1-14(15-6-3-2-4-7-15)12-19-9-5-8-16-13-20(17)10-11-21(16)18/h2-4,6-7,12,16H,5,8-11,13H2,1H3/b14-12-. The van der Waals surface area contributed by atoms with Gasteiger partial charge in [-0.1, -0.05) is 30.3 Å². The molecule has 0 bridgehead atoms. The van der Waals surface area contributed by atoms with Gasteiger partial charge in [-0.05, 0) is 30.9 Å². The van der Waals surface area contributed by atoms with Gasteiger partial charge in [0.1, 0.15) is 0 Å². The fraction of sp³-hybridized carbons (Fsp3) is 0.500. The average molecular weight is 326 g/mol. The van der Waals surface area contributed by atoms with Crippen molar-refractivity contribution in [3.63, 3.8) is 0 Å². The van der Waals surface area contributed by atoms with E-state index in [1.165, 1.54) is 0 Å². The second kappa shape index (κ2) is 8.49. The monoisotopic (exact) mass is 326 g/mol. The lowest BCUT2D eigenvalue weighted by Crippen LogP contribution is -2.33. The normalized spacial score (nSPS) is 26.5. The van der Waals surface area contributed by atoms with Gasteiger partial charge >= 0.3 is 0 Å². The average Bonchev–Trinajstić information content (AvgIpc) is 2.51. The molecule has 0 spiro atoms. The third-order valence-electron chi connectivity index (χ3n) is 3.53. The summed E-state index contributed by atoms with van der Waals surface area (Å²) in [6.07, 6.45) is 3.47. The molecule has 1 aliphatic rings. The first-order valence-electron chi connectivity index (χ1n) is 7.23. The first-order chi connectivity index (χ1) is 10.2. The molecule has 0 N–H and O–H groups in total. The molecule has 3 atom stereocenters. The third kappa shape index (κ3) is 5.40. The van der Waals surface area contributed by atoms with Gasteiger partial charge in [-0.3, -0.25) is 8.42 Å². The summed E-state index contributed by atoms with van der Waals surface area (Å²) in [6, 6.07) is 10.1. The second-order valence-corrected chi connectivity index (χ2v) is 8.66. The molecule has 1 aromatic rings. The zero-order chi connectivity index (χ0) is 15.1. The number of hydrogen-bond acceptors (Lipinski definition) is 3. The van der Waals surface area contributed by atoms with Crippen LogP contribution < -0.4 is 0 Å². The Balaban J connectivity index is 1.70. The summed E-state index contributed by atoms with van der Waals surface area (Å²) in [5, 5.41) is 0.0855. The van der Waals surface area contributed by atoms with Gasteiger partial charge in [0.2, 0.25) is 0 Å². The quantitative estimate of drug-likeness (QED) is 0.596. The van der Waals surface area contributed by atoms with E-state index in [-0.39, 0.29) is 5.25 Å². The van der Waals surface area contributed by atoms with Gasteiger partial charge in [-0.15, -0.1) is 0 Å². The molecule has 3 unspecified atom stereocenters. The molecule has 1 saturated heterocycles. The summed E-state index contributed by atoms with van der Waals surface area (Å²) in [7, 11) is -1.58. The predicted octanol–water partition coefficient (Wildman–Crippen LogP) is 2.72. The van der Waals surface area contributed by atoms with Crippen LogP contribution in [-0.2, 0) is 26.3 Å². The molecule has 0 aliphatic carbocycles. The van der Waals surface area contributed by atoms with Crippen LogP contribution in [0.2, 0.25) is 0 Å². The van der Waals surface area contributed by atoms with Gasteiger partial charge in [0.15, 0.2) is 0 Å². The summed E-state index contributed by atoms with van der Waals surface area (Å²) in [5.74, 6) is 1.77. The number of hydrogen-bond donors (Lipinski definition) is 0. The van der Waals surface area contributed by atoms with Gasteiger partial charge in [0.05, 0.1) is 12.9 Å². The largest absolute Gasteiger partial charge is 0.501 e. The SMILES string of the molecule is C/C(=C/OCCCC1CS(=O)CCS1=O)c1ccccc1. The van der Waals surface area contributed by atoms with E-state index in [9.17, 15) is 8.42 Å². The highest BCUT2D eigenvalue weighted by Gasteiger charge is 2.24. The van der Waals surface area contributed by atoms with E-state index < -0.39 is 21.6 Å². The van der Waals surface area contributed by atoms with E-state index in [4.69, 9.17) is 4.74 Å². The van der Waals surface area contributed by atoms with Crippen molar-refractivity contribution in [2.75, 3.05) is 23.9 Å². The lowest BCUT2D eigenvalue weighted by atomic mass is 10.1. The molecule has 0 aromatic heterocycles. The molecule has 3 nitrogen and oxygen atoms in total. The Kier molecular flexibility index (Phi) is 6.64. The minimum Gasteiger partial charge on any atom is -0.501 e. The van der Waals surface area contributed by atoms with E-state index in [1.807, 2.05) is 25.1 Å². The molecular weight excluding hydrogens is 304 g/mol. The van der Waals surface area contributed by atoms with E-state index >= 15 is 0 Å². The summed E-state index contributed by atoms with van der Waals surface area (Å²) >= 11 is 0. The van der Waals surface area contributed by atoms with Gasteiger partial charge < -0.3 is 4.74 Å². The Morgan fingerprint density at radius 1 is 1.29 bits per heavy atom. The summed E-state index contributed by atoms with van der Waals surface area (Å²) in [5.41, 5.74) is 2.25. The molecule has 21 heavy (non-hydrogen) atoms. The molecule has 1 aromatic carbocycles. The van der Waals surface area contributed by atoms with Crippen LogP contribution >= 0.6 is 0 Å². The van der Waals surface area contributed by atoms with Crippen molar-refractivity contribution in [2.45, 2.75) is 25.0 Å². The number of benzene rings is 1. The van der Waals surface area contributed by atoms with E-state index in [2.05, 4.69) is 12.1 Å². The van der Waals surface area contributed by atoms with Crippen LogP contribution in [0.25, 0.3) is 5.57 Å². The maximum Gasteiger partial charge on any atom is 0.0873 e. The second-order valence-electron chi connectivity index (χ2n) is 5.20. The lowest BCUT2D eigenvalue weighted by molar-refractivity contribution is 0.243. The Morgan fingerprint density at radius 3 is 2.81 bits per heavy atom. The molecular formula is C16H22O3S2. The first-order valence-corrected chi connectivity index (χ1v) is 10.1. The van der Waals surface area contributed by atoms with Crippen molar-refractivity contribution in [3.05, 3.63) is 42.2 Å². The topological polar surface area (TPSA) is 43.4 Å². The van der Waals surface area contributed by atoms with Gasteiger partial charge in [-0.25, -0.2) is 0 Å². The summed E-state index contributed by atoms with van der Waals surface area (Å²) in [6.45, 7) is 2.64. The van der Waals surface area contributed by atoms with Crippen molar-refractivity contribution >= 4 is 27.2 Å². The van der Waals surface area contributed by atoms with Crippen LogP contribution in [0.3, 0.4) is 0 Å². The molecule has 1 fully saturated rings. The van der Waals surface area contributed by atoms with Gasteiger partial charge in [0.25, 0.3) is 0 Å². The maximum atomic E-state index is 11.8. The fourth-order valence-corrected chi connectivity index (χ4v) is 6.24. The number of ether oxygens (including phenoxy) is 1. The highest BCUT2D eigenvalue weighted by Crippen LogP contribution is 2.15. The summed E-state index contributed by atoms with van der Waals surface area (Å²) in [4.78, 5) is 0. The first kappa shape index (κ1) is 16.4. The number of allylic oxidation sites excluding steroid dienone is 1. The summed E-state index contributed by atoms with van der Waals surface area (Å²) < 4.78 is 28.9. The predicted molar refractivity (Wildman–Crippen MR) is 90.0 cm³/mol. The van der Waals surface area contributed by atoms with E-state index in [0.29, 0.717) is 23.9 Å². The third-order valence-corrected chi connectivity index (χ3v) is 7.19. The van der Waals surface area contributed by atoms with Gasteiger partial charge in [0, 0.05) is 44.1 Å². The van der Waals surface area contributed by atoms with Crippen LogP contribution in [-0.4, -0.2) is 37.5 Å². The zero-order valence-electron chi connectivity index (χ0n) is 12.3. The molecule has 0 amide bonds. The Hall–Kier alpha value is -0.940. The maximum absolute atomic E-state index is 11.8. The Labute approximate surface area is 131 Å². The number of rotatable bonds is 6. The lowest BCUT2D eigenvalue weighted by Gasteiger charge is -2.20. The zero-order valence-corrected chi connectivity index (χ0v) is 14.0. The fourth-order valence-electron chi connectivity index (χ4n) is 2.27. The molecule has 2 rings (SSSR count). The Bertz CT molecular complexity index is 526. The van der Waals surface area contributed by atoms with Gasteiger partial charge in [-0.2, -0.15) is 0 Å². The molecule has 5 heteroatoms. The molecule has 116 valence electrons. The smallest absolute Gasteiger partial charge is 0.0873 e. The minimum absolute atomic E-state index is 0.0855. The van der Waals surface area contributed by atoms with Crippen molar-refractivity contribution < 1.29 is 13.2 Å². The van der Waals surface area contributed by atoms with Crippen molar-refractivity contribution in [1.82, 2.24) is 0 Å². The van der Waals surface area contributed by atoms with Crippen molar-refractivity contribution in [3.8, 4) is 0 Å². The minimum atomic E-state index is -0.807. The van der Waals surface area contributed by atoms with Crippen LogP contribution in [0.4, 0.5) is 0 Å². The van der Waals surface area contributed by atoms with E-state index in [1.54, 1.807) is 6.26 Å². The molecule has 0 saturated carbocycles. The molecule has 0 radical (unpaired) electrons. The van der Waals surface area contributed by atoms with Crippen LogP contribution in [0, 0.1) is 0 Å². The van der Waals surface area contributed by atoms with Crippen molar-refractivity contribution in [2.24, 2.45) is 0 Å². The van der Waals surface area contributed by atoms with Crippen LogP contribution in [0.1, 0.15) is 25.3 Å².